The molecule has 1 aliphatic rings. The zero-order valence-corrected chi connectivity index (χ0v) is 15.2. The number of methoxy groups -OCH3 is 1. The molecule has 5 nitrogen and oxygen atoms in total. The third kappa shape index (κ3) is 3.69. The van der Waals surface area contributed by atoms with Crippen molar-refractivity contribution in [3.8, 4) is 23.0 Å². The van der Waals surface area contributed by atoms with Gasteiger partial charge < -0.3 is 19.3 Å². The van der Waals surface area contributed by atoms with E-state index in [1.54, 1.807) is 19.3 Å². The first-order chi connectivity index (χ1) is 13.6. The van der Waals surface area contributed by atoms with E-state index in [4.69, 9.17) is 14.2 Å². The standard InChI is InChI=1S/C23H18O5/c1-26-18-6-3-5-16(11-18)14-27-19-7-2-4-15(10-19)12-22-23(25)20-9-8-17(24)13-21(20)28-22/h2-13,24H,14H2,1H3/b22-12-. The summed E-state index contributed by atoms with van der Waals surface area (Å²) in [7, 11) is 1.63. The lowest BCUT2D eigenvalue weighted by atomic mass is 10.1. The van der Waals surface area contributed by atoms with E-state index >= 15 is 0 Å². The van der Waals surface area contributed by atoms with Gasteiger partial charge in [-0.1, -0.05) is 24.3 Å². The van der Waals surface area contributed by atoms with Crippen molar-refractivity contribution in [3.63, 3.8) is 0 Å². The number of rotatable bonds is 5. The summed E-state index contributed by atoms with van der Waals surface area (Å²) in [5, 5.41) is 9.55. The van der Waals surface area contributed by atoms with Gasteiger partial charge in [-0.3, -0.25) is 4.79 Å². The molecule has 0 bridgehead atoms. The van der Waals surface area contributed by atoms with E-state index in [2.05, 4.69) is 0 Å². The molecular formula is C23H18O5. The summed E-state index contributed by atoms with van der Waals surface area (Å²) in [5.74, 6) is 1.88. The van der Waals surface area contributed by atoms with Crippen LogP contribution in [0, 0.1) is 0 Å². The van der Waals surface area contributed by atoms with Crippen molar-refractivity contribution >= 4 is 11.9 Å². The average molecular weight is 374 g/mol. The van der Waals surface area contributed by atoms with Crippen molar-refractivity contribution < 1.29 is 24.1 Å². The van der Waals surface area contributed by atoms with E-state index in [9.17, 15) is 9.90 Å². The van der Waals surface area contributed by atoms with Crippen LogP contribution < -0.4 is 14.2 Å². The highest BCUT2D eigenvalue weighted by Gasteiger charge is 2.27. The number of ether oxygens (including phenoxy) is 3. The molecule has 0 amide bonds. The van der Waals surface area contributed by atoms with Crippen LogP contribution in [0.2, 0.25) is 0 Å². The van der Waals surface area contributed by atoms with Gasteiger partial charge in [0.2, 0.25) is 5.78 Å². The molecule has 3 aromatic carbocycles. The van der Waals surface area contributed by atoms with E-state index < -0.39 is 0 Å². The van der Waals surface area contributed by atoms with Gasteiger partial charge in [0.1, 0.15) is 29.6 Å². The van der Waals surface area contributed by atoms with Gasteiger partial charge in [-0.05, 0) is 53.6 Å². The van der Waals surface area contributed by atoms with Gasteiger partial charge in [-0.25, -0.2) is 0 Å². The van der Waals surface area contributed by atoms with Gasteiger partial charge in [0.25, 0.3) is 0 Å². The molecule has 0 spiro atoms. The van der Waals surface area contributed by atoms with E-state index in [0.29, 0.717) is 23.7 Å². The molecule has 4 rings (SSSR count). The molecule has 0 unspecified atom stereocenters. The van der Waals surface area contributed by atoms with Crippen LogP contribution in [0.5, 0.6) is 23.0 Å². The molecule has 0 radical (unpaired) electrons. The Morgan fingerprint density at radius 1 is 1.00 bits per heavy atom. The number of Topliss-reactive ketones (excluding diaryl/α,β-unsaturated/α-hetero) is 1. The van der Waals surface area contributed by atoms with Crippen LogP contribution in [0.1, 0.15) is 21.5 Å². The summed E-state index contributed by atoms with van der Waals surface area (Å²) < 4.78 is 16.7. The maximum Gasteiger partial charge on any atom is 0.231 e. The summed E-state index contributed by atoms with van der Waals surface area (Å²) in [4.78, 5) is 12.5. The minimum absolute atomic E-state index is 0.0562. The molecule has 0 saturated heterocycles. The normalized spacial score (nSPS) is 13.9. The summed E-state index contributed by atoms with van der Waals surface area (Å²) in [6.07, 6.45) is 1.66. The highest BCUT2D eigenvalue weighted by atomic mass is 16.5. The smallest absolute Gasteiger partial charge is 0.231 e. The molecule has 0 saturated carbocycles. The van der Waals surface area contributed by atoms with Gasteiger partial charge in [-0.2, -0.15) is 0 Å². The van der Waals surface area contributed by atoms with E-state index in [1.165, 1.54) is 12.1 Å². The SMILES string of the molecule is COc1cccc(COc2cccc(/C=C3\Oc4cc(O)ccc4C3=O)c2)c1. The van der Waals surface area contributed by atoms with E-state index in [0.717, 1.165) is 16.9 Å². The van der Waals surface area contributed by atoms with Gasteiger partial charge in [0.15, 0.2) is 5.76 Å². The Morgan fingerprint density at radius 3 is 2.68 bits per heavy atom. The van der Waals surface area contributed by atoms with E-state index in [1.807, 2.05) is 48.5 Å². The Balaban J connectivity index is 1.50. The number of phenolic OH excluding ortho intramolecular Hbond substituents is 1. The van der Waals surface area contributed by atoms with Crippen LogP contribution in [-0.4, -0.2) is 18.0 Å². The van der Waals surface area contributed by atoms with Crippen LogP contribution in [0.3, 0.4) is 0 Å². The number of phenols is 1. The Kier molecular flexibility index (Phi) is 4.72. The highest BCUT2D eigenvalue weighted by Crippen LogP contribution is 2.34. The lowest BCUT2D eigenvalue weighted by Crippen LogP contribution is -1.98. The van der Waals surface area contributed by atoms with Gasteiger partial charge in [-0.15, -0.1) is 0 Å². The van der Waals surface area contributed by atoms with Crippen LogP contribution >= 0.6 is 0 Å². The Morgan fingerprint density at radius 2 is 1.82 bits per heavy atom. The number of fused-ring (bicyclic) bond motifs is 1. The van der Waals surface area contributed by atoms with Crippen LogP contribution in [0.4, 0.5) is 0 Å². The van der Waals surface area contributed by atoms with Crippen molar-refractivity contribution in [3.05, 3.63) is 89.2 Å². The Hall–Kier alpha value is -3.73. The van der Waals surface area contributed by atoms with Crippen molar-refractivity contribution in [2.75, 3.05) is 7.11 Å². The number of carbonyl (C=O) groups is 1. The second kappa shape index (κ2) is 7.48. The molecular weight excluding hydrogens is 356 g/mol. The largest absolute Gasteiger partial charge is 0.508 e. The van der Waals surface area contributed by atoms with Crippen molar-refractivity contribution in [1.82, 2.24) is 0 Å². The predicted molar refractivity (Wildman–Crippen MR) is 105 cm³/mol. The highest BCUT2D eigenvalue weighted by molar-refractivity contribution is 6.14. The fourth-order valence-electron chi connectivity index (χ4n) is 2.95. The zero-order valence-electron chi connectivity index (χ0n) is 15.2. The van der Waals surface area contributed by atoms with Gasteiger partial charge >= 0.3 is 0 Å². The molecule has 1 heterocycles. The summed E-state index contributed by atoms with van der Waals surface area (Å²) >= 11 is 0. The Labute approximate surface area is 162 Å². The second-order valence-corrected chi connectivity index (χ2v) is 6.33. The summed E-state index contributed by atoms with van der Waals surface area (Å²) in [6.45, 7) is 0.400. The first-order valence-electron chi connectivity index (χ1n) is 8.75. The topological polar surface area (TPSA) is 65.0 Å². The molecule has 0 atom stereocenters. The minimum Gasteiger partial charge on any atom is -0.508 e. The first-order valence-corrected chi connectivity index (χ1v) is 8.75. The minimum atomic E-state index is -0.210. The molecule has 0 fully saturated rings. The first kappa shape index (κ1) is 17.7. The van der Waals surface area contributed by atoms with Crippen molar-refractivity contribution in [2.24, 2.45) is 0 Å². The average Bonchev–Trinajstić information content (AvgIpc) is 3.01. The number of ketones is 1. The number of allylic oxidation sites excluding steroid dienone is 1. The zero-order chi connectivity index (χ0) is 19.5. The van der Waals surface area contributed by atoms with Crippen LogP contribution in [0.25, 0.3) is 6.08 Å². The molecule has 0 aliphatic carbocycles. The fraction of sp³-hybridized carbons (Fsp3) is 0.0870. The van der Waals surface area contributed by atoms with Crippen LogP contribution in [-0.2, 0) is 6.61 Å². The molecule has 1 N–H and O–H groups in total. The number of aromatic hydroxyl groups is 1. The molecule has 3 aromatic rings. The number of hydrogen-bond acceptors (Lipinski definition) is 5. The quantitative estimate of drug-likeness (QED) is 0.662. The van der Waals surface area contributed by atoms with Crippen LogP contribution in [0.15, 0.2) is 72.5 Å². The predicted octanol–water partition coefficient (Wildman–Crippen LogP) is 4.60. The van der Waals surface area contributed by atoms with Gasteiger partial charge in [0.05, 0.1) is 12.7 Å². The maximum atomic E-state index is 12.5. The molecule has 1 aliphatic heterocycles. The number of hydrogen-bond donors (Lipinski definition) is 1. The van der Waals surface area contributed by atoms with Crippen molar-refractivity contribution in [1.29, 1.82) is 0 Å². The Bertz CT molecular complexity index is 1070. The molecule has 0 aromatic heterocycles. The third-order valence-corrected chi connectivity index (χ3v) is 4.35. The van der Waals surface area contributed by atoms with E-state index in [-0.39, 0.29) is 17.3 Å². The molecule has 5 heteroatoms. The summed E-state index contributed by atoms with van der Waals surface area (Å²) in [6, 6.07) is 19.5. The molecule has 28 heavy (non-hydrogen) atoms. The number of carbonyl (C=O) groups excluding carboxylic acids is 1. The molecule has 140 valence electrons. The second-order valence-electron chi connectivity index (χ2n) is 6.33. The lowest BCUT2D eigenvalue weighted by Gasteiger charge is -2.08. The third-order valence-electron chi connectivity index (χ3n) is 4.35. The lowest BCUT2D eigenvalue weighted by molar-refractivity contribution is 0.101. The summed E-state index contributed by atoms with van der Waals surface area (Å²) in [5.41, 5.74) is 2.21. The van der Waals surface area contributed by atoms with Crippen molar-refractivity contribution in [2.45, 2.75) is 6.61 Å². The van der Waals surface area contributed by atoms with Gasteiger partial charge in [0, 0.05) is 6.07 Å². The monoisotopic (exact) mass is 374 g/mol. The maximum absolute atomic E-state index is 12.5. The fourth-order valence-corrected chi connectivity index (χ4v) is 2.95. The number of benzene rings is 3.